The summed E-state index contributed by atoms with van der Waals surface area (Å²) < 4.78 is 26.3. The van der Waals surface area contributed by atoms with E-state index in [1.807, 2.05) is 0 Å². The molecule has 0 heterocycles. The van der Waals surface area contributed by atoms with Gasteiger partial charge in [-0.3, -0.25) is 9.59 Å². The highest BCUT2D eigenvalue weighted by atomic mass is 19.2. The van der Waals surface area contributed by atoms with E-state index in [1.54, 1.807) is 0 Å². The number of hydrogen-bond acceptors (Lipinski definition) is 2. The summed E-state index contributed by atoms with van der Waals surface area (Å²) in [6, 6.07) is 3.36. The summed E-state index contributed by atoms with van der Waals surface area (Å²) in [5.41, 5.74) is -0.354. The van der Waals surface area contributed by atoms with Crippen LogP contribution in [0.1, 0.15) is 23.2 Å². The van der Waals surface area contributed by atoms with Crippen molar-refractivity contribution in [3.8, 4) is 0 Å². The molecular weight excluding hydrogens is 244 g/mol. The predicted octanol–water partition coefficient (Wildman–Crippen LogP) is 1.90. The number of carboxylic acid groups (broad SMARTS) is 1. The van der Waals surface area contributed by atoms with Gasteiger partial charge in [0.05, 0.1) is 5.56 Å². The number of carboxylic acids is 1. The largest absolute Gasteiger partial charge is 0.481 e. The highest BCUT2D eigenvalue weighted by Gasteiger charge is 2.18. The minimum Gasteiger partial charge on any atom is -0.481 e. The molecule has 98 valence electrons. The first-order chi connectivity index (χ1) is 8.43. The maximum Gasteiger partial charge on any atom is 0.303 e. The van der Waals surface area contributed by atoms with Crippen molar-refractivity contribution in [2.24, 2.45) is 0 Å². The number of aliphatic carboxylic acids is 1. The van der Waals surface area contributed by atoms with Crippen LogP contribution in [0.15, 0.2) is 18.2 Å². The Labute approximate surface area is 103 Å². The lowest BCUT2D eigenvalue weighted by Crippen LogP contribution is -2.29. The summed E-state index contributed by atoms with van der Waals surface area (Å²) in [6.07, 6.45) is 0.178. The Hall–Kier alpha value is -1.98. The van der Waals surface area contributed by atoms with Crippen LogP contribution in [0.2, 0.25) is 0 Å². The lowest BCUT2D eigenvalue weighted by atomic mass is 10.1. The van der Waals surface area contributed by atoms with E-state index in [2.05, 4.69) is 0 Å². The molecule has 0 atom stereocenters. The highest BCUT2D eigenvalue weighted by Crippen LogP contribution is 2.13. The second kappa shape index (κ2) is 6.09. The van der Waals surface area contributed by atoms with E-state index in [4.69, 9.17) is 5.11 Å². The normalized spacial score (nSPS) is 10.2. The lowest BCUT2D eigenvalue weighted by Gasteiger charge is -2.17. The van der Waals surface area contributed by atoms with E-state index in [9.17, 15) is 18.4 Å². The summed E-state index contributed by atoms with van der Waals surface area (Å²) in [5, 5.41) is 8.45. The Balaban J connectivity index is 2.69. The number of carbonyl (C=O) groups excluding carboxylic acids is 1. The van der Waals surface area contributed by atoms with Gasteiger partial charge in [0.1, 0.15) is 0 Å². The average molecular weight is 257 g/mol. The van der Waals surface area contributed by atoms with Gasteiger partial charge in [-0.25, -0.2) is 8.78 Å². The van der Waals surface area contributed by atoms with Crippen LogP contribution in [-0.2, 0) is 4.79 Å². The first-order valence-corrected chi connectivity index (χ1v) is 5.34. The van der Waals surface area contributed by atoms with Gasteiger partial charge in [0.25, 0.3) is 5.91 Å². The fourth-order valence-electron chi connectivity index (χ4n) is 1.44. The second-order valence-corrected chi connectivity index (χ2v) is 3.83. The topological polar surface area (TPSA) is 57.6 Å². The van der Waals surface area contributed by atoms with Crippen LogP contribution in [0.25, 0.3) is 0 Å². The molecule has 0 fully saturated rings. The second-order valence-electron chi connectivity index (χ2n) is 3.83. The first-order valence-electron chi connectivity index (χ1n) is 5.34. The standard InChI is InChI=1S/C12H13F2NO3/c1-15(7-3-6-10(16)17)12(18)8-4-2-5-9(13)11(8)14/h2,4-5H,3,6-7H2,1H3,(H,16,17). The molecule has 4 nitrogen and oxygen atoms in total. The van der Waals surface area contributed by atoms with Gasteiger partial charge in [-0.05, 0) is 18.6 Å². The molecule has 1 aromatic rings. The molecule has 18 heavy (non-hydrogen) atoms. The van der Waals surface area contributed by atoms with Crippen LogP contribution in [0.5, 0.6) is 0 Å². The number of amides is 1. The van der Waals surface area contributed by atoms with Crippen LogP contribution in [0, 0.1) is 11.6 Å². The van der Waals surface area contributed by atoms with Crippen molar-refractivity contribution in [1.29, 1.82) is 0 Å². The molecule has 0 spiro atoms. The summed E-state index contributed by atoms with van der Waals surface area (Å²) in [4.78, 5) is 23.2. The van der Waals surface area contributed by atoms with Crippen LogP contribution in [0.3, 0.4) is 0 Å². The van der Waals surface area contributed by atoms with Gasteiger partial charge >= 0.3 is 5.97 Å². The number of nitrogens with zero attached hydrogens (tertiary/aromatic N) is 1. The van der Waals surface area contributed by atoms with Crippen molar-refractivity contribution in [3.05, 3.63) is 35.4 Å². The lowest BCUT2D eigenvalue weighted by molar-refractivity contribution is -0.137. The van der Waals surface area contributed by atoms with E-state index in [-0.39, 0.29) is 24.9 Å². The number of rotatable bonds is 5. The summed E-state index contributed by atoms with van der Waals surface area (Å²) in [5.74, 6) is -3.91. The van der Waals surface area contributed by atoms with Crippen molar-refractivity contribution in [3.63, 3.8) is 0 Å². The molecule has 0 aliphatic carbocycles. The molecule has 0 saturated heterocycles. The van der Waals surface area contributed by atoms with E-state index < -0.39 is 23.5 Å². The Morgan fingerprint density at radius 2 is 2.00 bits per heavy atom. The molecule has 0 unspecified atom stereocenters. The minimum atomic E-state index is -1.19. The quantitative estimate of drug-likeness (QED) is 0.876. The average Bonchev–Trinajstić information content (AvgIpc) is 2.31. The molecule has 0 aliphatic heterocycles. The zero-order valence-corrected chi connectivity index (χ0v) is 9.82. The molecule has 1 amide bonds. The highest BCUT2D eigenvalue weighted by molar-refractivity contribution is 5.94. The van der Waals surface area contributed by atoms with Crippen LogP contribution < -0.4 is 0 Å². The molecule has 0 radical (unpaired) electrons. The van der Waals surface area contributed by atoms with E-state index >= 15 is 0 Å². The SMILES string of the molecule is CN(CCCC(=O)O)C(=O)c1cccc(F)c1F. The Morgan fingerprint density at radius 1 is 1.33 bits per heavy atom. The summed E-state index contributed by atoms with van der Waals surface area (Å²) >= 11 is 0. The van der Waals surface area contributed by atoms with Gasteiger partial charge in [0.15, 0.2) is 11.6 Å². The fraction of sp³-hybridized carbons (Fsp3) is 0.333. The zero-order valence-electron chi connectivity index (χ0n) is 9.82. The molecule has 0 saturated carbocycles. The van der Waals surface area contributed by atoms with Crippen LogP contribution in [0.4, 0.5) is 8.78 Å². The summed E-state index contributed by atoms with van der Waals surface area (Å²) in [7, 11) is 1.41. The van der Waals surface area contributed by atoms with Gasteiger partial charge in [0, 0.05) is 20.0 Å². The van der Waals surface area contributed by atoms with Crippen molar-refractivity contribution in [1.82, 2.24) is 4.90 Å². The van der Waals surface area contributed by atoms with Gasteiger partial charge in [0.2, 0.25) is 0 Å². The third kappa shape index (κ3) is 3.51. The smallest absolute Gasteiger partial charge is 0.303 e. The van der Waals surface area contributed by atoms with Gasteiger partial charge < -0.3 is 10.0 Å². The molecule has 0 aromatic heterocycles. The molecule has 1 rings (SSSR count). The fourth-order valence-corrected chi connectivity index (χ4v) is 1.44. The van der Waals surface area contributed by atoms with Gasteiger partial charge in [-0.2, -0.15) is 0 Å². The van der Waals surface area contributed by atoms with Crippen molar-refractivity contribution >= 4 is 11.9 Å². The molecule has 0 bridgehead atoms. The van der Waals surface area contributed by atoms with Gasteiger partial charge in [-0.15, -0.1) is 0 Å². The van der Waals surface area contributed by atoms with Crippen LogP contribution >= 0.6 is 0 Å². The van der Waals surface area contributed by atoms with Crippen molar-refractivity contribution in [2.75, 3.05) is 13.6 Å². The number of hydrogen-bond donors (Lipinski definition) is 1. The van der Waals surface area contributed by atoms with Crippen molar-refractivity contribution < 1.29 is 23.5 Å². The monoisotopic (exact) mass is 257 g/mol. The van der Waals surface area contributed by atoms with Gasteiger partial charge in [-0.1, -0.05) is 6.07 Å². The Kier molecular flexibility index (Phi) is 4.76. The molecule has 1 N–H and O–H groups in total. The third-order valence-electron chi connectivity index (χ3n) is 2.41. The Bertz CT molecular complexity index is 463. The zero-order chi connectivity index (χ0) is 13.7. The van der Waals surface area contributed by atoms with E-state index in [0.29, 0.717) is 0 Å². The predicted molar refractivity (Wildman–Crippen MR) is 60.2 cm³/mol. The maximum absolute atomic E-state index is 13.3. The number of halogens is 2. The number of benzene rings is 1. The summed E-state index contributed by atoms with van der Waals surface area (Å²) in [6.45, 7) is 0.168. The molecule has 0 aliphatic rings. The first kappa shape index (κ1) is 14.1. The molecule has 6 heteroatoms. The molecule has 1 aromatic carbocycles. The Morgan fingerprint density at radius 3 is 2.61 bits per heavy atom. The van der Waals surface area contributed by atoms with E-state index in [1.165, 1.54) is 24.1 Å². The van der Waals surface area contributed by atoms with Crippen molar-refractivity contribution in [2.45, 2.75) is 12.8 Å². The third-order valence-corrected chi connectivity index (χ3v) is 2.41. The minimum absolute atomic E-state index is 0.0801. The maximum atomic E-state index is 13.3. The number of carbonyl (C=O) groups is 2. The van der Waals surface area contributed by atoms with Crippen LogP contribution in [-0.4, -0.2) is 35.5 Å². The molecular formula is C12H13F2NO3. The van der Waals surface area contributed by atoms with E-state index in [0.717, 1.165) is 6.07 Å².